The molecule has 17 heavy (non-hydrogen) atoms. The van der Waals surface area contributed by atoms with E-state index in [9.17, 15) is 0 Å². The van der Waals surface area contributed by atoms with Gasteiger partial charge in [0, 0.05) is 19.1 Å². The van der Waals surface area contributed by atoms with Crippen molar-refractivity contribution in [2.45, 2.75) is 18.6 Å². The molecule has 3 N–H and O–H groups in total. The van der Waals surface area contributed by atoms with Gasteiger partial charge in [-0.1, -0.05) is 23.2 Å². The monoisotopic (exact) mass is 277 g/mol. The highest BCUT2D eigenvalue weighted by atomic mass is 35.5. The molecule has 1 aliphatic heterocycles. The summed E-state index contributed by atoms with van der Waals surface area (Å²) in [6, 6.07) is -0.305. The number of hydrogen-bond donors (Lipinski definition) is 2. The molecule has 2 atom stereocenters. The van der Waals surface area contributed by atoms with E-state index in [1.807, 2.05) is 6.92 Å². The SMILES string of the molecule is CC(N)C1(c2nnnc(Cl)c2Cl)CNCCO1. The fourth-order valence-corrected chi connectivity index (χ4v) is 2.21. The largest absolute Gasteiger partial charge is 0.364 e. The topological polar surface area (TPSA) is 86.0 Å². The fraction of sp³-hybridized carbons (Fsp3) is 0.667. The minimum absolute atomic E-state index is 0.103. The highest BCUT2D eigenvalue weighted by Gasteiger charge is 2.43. The van der Waals surface area contributed by atoms with E-state index in [0.29, 0.717) is 18.8 Å². The summed E-state index contributed by atoms with van der Waals surface area (Å²) in [5.74, 6) is 0. The van der Waals surface area contributed by atoms with E-state index in [0.717, 1.165) is 6.54 Å². The van der Waals surface area contributed by atoms with Crippen LogP contribution in [0.25, 0.3) is 0 Å². The van der Waals surface area contributed by atoms with Gasteiger partial charge in [-0.15, -0.1) is 10.2 Å². The van der Waals surface area contributed by atoms with Crippen LogP contribution in [-0.2, 0) is 10.3 Å². The van der Waals surface area contributed by atoms with E-state index in [4.69, 9.17) is 33.7 Å². The van der Waals surface area contributed by atoms with Crippen LogP contribution in [0.3, 0.4) is 0 Å². The Hall–Kier alpha value is -0.530. The van der Waals surface area contributed by atoms with Gasteiger partial charge in [-0.05, 0) is 12.1 Å². The van der Waals surface area contributed by atoms with E-state index in [2.05, 4.69) is 20.7 Å². The van der Waals surface area contributed by atoms with Gasteiger partial charge in [0.05, 0.1) is 6.61 Å². The first-order chi connectivity index (χ1) is 8.08. The maximum absolute atomic E-state index is 6.10. The Labute approximate surface area is 109 Å². The van der Waals surface area contributed by atoms with Gasteiger partial charge in [0.2, 0.25) is 0 Å². The van der Waals surface area contributed by atoms with E-state index < -0.39 is 5.60 Å². The number of morpholine rings is 1. The molecule has 6 nitrogen and oxygen atoms in total. The molecule has 2 unspecified atom stereocenters. The molecular weight excluding hydrogens is 265 g/mol. The minimum Gasteiger partial charge on any atom is -0.364 e. The predicted molar refractivity (Wildman–Crippen MR) is 64.0 cm³/mol. The predicted octanol–water partition coefficient (Wildman–Crippen LogP) is 0.341. The highest BCUT2D eigenvalue weighted by molar-refractivity contribution is 6.41. The molecule has 0 saturated carbocycles. The van der Waals surface area contributed by atoms with Crippen molar-refractivity contribution in [3.63, 3.8) is 0 Å². The van der Waals surface area contributed by atoms with E-state index in [1.165, 1.54) is 0 Å². The molecule has 2 rings (SSSR count). The van der Waals surface area contributed by atoms with Crippen molar-refractivity contribution in [2.24, 2.45) is 5.73 Å². The Morgan fingerprint density at radius 2 is 2.24 bits per heavy atom. The Bertz CT molecular complexity index is 408. The summed E-state index contributed by atoms with van der Waals surface area (Å²) in [7, 11) is 0. The summed E-state index contributed by atoms with van der Waals surface area (Å²) in [6.07, 6.45) is 0. The number of ether oxygens (including phenoxy) is 1. The van der Waals surface area contributed by atoms with Gasteiger partial charge < -0.3 is 15.8 Å². The normalized spacial score (nSPS) is 26.8. The highest BCUT2D eigenvalue weighted by Crippen LogP contribution is 2.35. The van der Waals surface area contributed by atoms with Crippen LogP contribution < -0.4 is 11.1 Å². The molecular formula is C9H13Cl2N5O. The summed E-state index contributed by atoms with van der Waals surface area (Å²) in [5, 5.41) is 14.6. The third kappa shape index (κ3) is 2.23. The number of hydrogen-bond acceptors (Lipinski definition) is 6. The average molecular weight is 278 g/mol. The maximum atomic E-state index is 6.10. The quantitative estimate of drug-likeness (QED) is 0.811. The molecule has 8 heteroatoms. The molecule has 0 aliphatic carbocycles. The molecule has 2 heterocycles. The van der Waals surface area contributed by atoms with Crippen LogP contribution in [0.2, 0.25) is 10.2 Å². The first kappa shape index (κ1) is 12.9. The van der Waals surface area contributed by atoms with E-state index in [-0.39, 0.29) is 16.2 Å². The second-order valence-electron chi connectivity index (χ2n) is 3.95. The minimum atomic E-state index is -0.811. The molecule has 0 aromatic carbocycles. The van der Waals surface area contributed by atoms with Crippen molar-refractivity contribution < 1.29 is 4.74 Å². The summed E-state index contributed by atoms with van der Waals surface area (Å²) >= 11 is 11.9. The van der Waals surface area contributed by atoms with Gasteiger partial charge >= 0.3 is 0 Å². The van der Waals surface area contributed by atoms with Crippen molar-refractivity contribution >= 4 is 23.2 Å². The third-order valence-electron chi connectivity index (χ3n) is 2.83. The van der Waals surface area contributed by atoms with Crippen molar-refractivity contribution in [1.29, 1.82) is 0 Å². The Morgan fingerprint density at radius 1 is 1.47 bits per heavy atom. The number of nitrogens with zero attached hydrogens (tertiary/aromatic N) is 3. The summed E-state index contributed by atoms with van der Waals surface area (Å²) in [5.41, 5.74) is 5.62. The Balaban J connectivity index is 2.49. The van der Waals surface area contributed by atoms with Crippen LogP contribution >= 0.6 is 23.2 Å². The van der Waals surface area contributed by atoms with Crippen LogP contribution in [0.5, 0.6) is 0 Å². The number of halogens is 2. The second kappa shape index (κ2) is 4.99. The van der Waals surface area contributed by atoms with Crippen molar-refractivity contribution in [3.8, 4) is 0 Å². The lowest BCUT2D eigenvalue weighted by molar-refractivity contribution is -0.0880. The zero-order chi connectivity index (χ0) is 12.5. The fourth-order valence-electron chi connectivity index (χ4n) is 1.85. The molecule has 1 aromatic rings. The van der Waals surface area contributed by atoms with E-state index in [1.54, 1.807) is 0 Å². The van der Waals surface area contributed by atoms with Gasteiger partial charge in [0.15, 0.2) is 5.15 Å². The van der Waals surface area contributed by atoms with Gasteiger partial charge in [-0.25, -0.2) is 0 Å². The number of nitrogens with two attached hydrogens (primary N) is 1. The zero-order valence-electron chi connectivity index (χ0n) is 9.28. The summed E-state index contributed by atoms with van der Waals surface area (Å²) < 4.78 is 5.79. The number of aromatic nitrogens is 3. The van der Waals surface area contributed by atoms with Gasteiger partial charge in [-0.3, -0.25) is 0 Å². The van der Waals surface area contributed by atoms with E-state index >= 15 is 0 Å². The lowest BCUT2D eigenvalue weighted by Crippen LogP contribution is -2.57. The van der Waals surface area contributed by atoms with Crippen molar-refractivity contribution in [3.05, 3.63) is 15.9 Å². The first-order valence-corrected chi connectivity index (χ1v) is 5.98. The van der Waals surface area contributed by atoms with Gasteiger partial charge in [0.25, 0.3) is 0 Å². The smallest absolute Gasteiger partial charge is 0.174 e. The van der Waals surface area contributed by atoms with Gasteiger partial charge in [-0.2, -0.15) is 0 Å². The van der Waals surface area contributed by atoms with Crippen LogP contribution in [0.15, 0.2) is 0 Å². The molecule has 94 valence electrons. The summed E-state index contributed by atoms with van der Waals surface area (Å²) in [4.78, 5) is 0. The Kier molecular flexibility index (Phi) is 3.79. The maximum Gasteiger partial charge on any atom is 0.174 e. The first-order valence-electron chi connectivity index (χ1n) is 5.23. The number of rotatable bonds is 2. The van der Waals surface area contributed by atoms with Crippen LogP contribution in [-0.4, -0.2) is 41.1 Å². The summed E-state index contributed by atoms with van der Waals surface area (Å²) in [6.45, 7) is 3.64. The Morgan fingerprint density at radius 3 is 2.82 bits per heavy atom. The second-order valence-corrected chi connectivity index (χ2v) is 4.68. The number of nitrogens with one attached hydrogen (secondary N) is 1. The standard InChI is InChI=1S/C9H13Cl2N5O/c1-5(12)9(4-13-2-3-17-9)7-6(10)8(11)15-16-14-7/h5,13H,2-4,12H2,1H3. The lowest BCUT2D eigenvalue weighted by atomic mass is 9.90. The molecule has 1 saturated heterocycles. The van der Waals surface area contributed by atoms with Gasteiger partial charge in [0.1, 0.15) is 16.3 Å². The zero-order valence-corrected chi connectivity index (χ0v) is 10.8. The molecule has 1 fully saturated rings. The molecule has 0 spiro atoms. The molecule has 1 aliphatic rings. The molecule has 0 bridgehead atoms. The third-order valence-corrected chi connectivity index (χ3v) is 3.55. The lowest BCUT2D eigenvalue weighted by Gasteiger charge is -2.40. The average Bonchev–Trinajstić information content (AvgIpc) is 2.33. The van der Waals surface area contributed by atoms with Crippen LogP contribution in [0.1, 0.15) is 12.6 Å². The van der Waals surface area contributed by atoms with Crippen LogP contribution in [0, 0.1) is 0 Å². The molecule has 0 amide bonds. The van der Waals surface area contributed by atoms with Crippen LogP contribution in [0.4, 0.5) is 0 Å². The molecule has 0 radical (unpaired) electrons. The van der Waals surface area contributed by atoms with Crippen molar-refractivity contribution in [2.75, 3.05) is 19.7 Å². The molecule has 1 aromatic heterocycles. The van der Waals surface area contributed by atoms with Crippen molar-refractivity contribution in [1.82, 2.24) is 20.7 Å².